The van der Waals surface area contributed by atoms with Crippen LogP contribution in [0.25, 0.3) is 0 Å². The molecule has 0 aliphatic heterocycles. The molecule has 0 heterocycles. The van der Waals surface area contributed by atoms with Gasteiger partial charge in [-0.2, -0.15) is 0 Å². The van der Waals surface area contributed by atoms with Crippen molar-refractivity contribution in [2.75, 3.05) is 0 Å². The zero-order chi connectivity index (χ0) is 5.70. The van der Waals surface area contributed by atoms with Crippen LogP contribution >= 0.6 is 0 Å². The second-order valence-electron chi connectivity index (χ2n) is 1.65. The molecule has 0 radical (unpaired) electrons. The molecule has 42 valence electrons. The summed E-state index contributed by atoms with van der Waals surface area (Å²) in [5.41, 5.74) is 0. The van der Waals surface area contributed by atoms with E-state index in [0.29, 0.717) is 6.10 Å². The van der Waals surface area contributed by atoms with Crippen LogP contribution in [0, 0.1) is 0 Å². The van der Waals surface area contributed by atoms with E-state index in [-0.39, 0.29) is 0 Å². The number of ether oxygens (including phenoxy) is 1. The molecule has 0 bridgehead atoms. The Morgan fingerprint density at radius 3 is 2.14 bits per heavy atom. The number of hydrogen-bond donors (Lipinski definition) is 0. The van der Waals surface area contributed by atoms with Crippen molar-refractivity contribution in [1.29, 1.82) is 0 Å². The summed E-state index contributed by atoms with van der Waals surface area (Å²) in [5, 5.41) is 0. The van der Waals surface area contributed by atoms with E-state index in [1.54, 1.807) is 6.26 Å². The molecule has 0 aliphatic carbocycles. The summed E-state index contributed by atoms with van der Waals surface area (Å²) in [4.78, 5) is 0. The van der Waals surface area contributed by atoms with Gasteiger partial charge in [-0.3, -0.25) is 0 Å². The van der Waals surface area contributed by atoms with E-state index >= 15 is 0 Å². The van der Waals surface area contributed by atoms with Gasteiger partial charge in [0, 0.05) is 0 Å². The Morgan fingerprint density at radius 1 is 1.43 bits per heavy atom. The van der Waals surface area contributed by atoms with Gasteiger partial charge in [-0.05, 0) is 20.8 Å². The first-order chi connectivity index (χ1) is 3.27. The van der Waals surface area contributed by atoms with Gasteiger partial charge in [0.1, 0.15) is 0 Å². The summed E-state index contributed by atoms with van der Waals surface area (Å²) in [6.45, 7) is 5.93. The quantitative estimate of drug-likeness (QED) is 0.482. The molecule has 0 aromatic rings. The highest BCUT2D eigenvalue weighted by Gasteiger charge is 1.82. The molecule has 0 saturated carbocycles. The summed E-state index contributed by atoms with van der Waals surface area (Å²) in [7, 11) is 0. The molecular weight excluding hydrogens is 88.1 g/mol. The predicted octanol–water partition coefficient (Wildman–Crippen LogP) is 1.95. The molecule has 0 spiro atoms. The van der Waals surface area contributed by atoms with Crippen LogP contribution in [0.1, 0.15) is 20.8 Å². The van der Waals surface area contributed by atoms with Crippen LogP contribution in [0.4, 0.5) is 0 Å². The van der Waals surface area contributed by atoms with Crippen molar-refractivity contribution in [3.63, 3.8) is 0 Å². The van der Waals surface area contributed by atoms with Gasteiger partial charge < -0.3 is 4.74 Å². The first kappa shape index (κ1) is 6.54. The average molecular weight is 100 g/mol. The van der Waals surface area contributed by atoms with Crippen molar-refractivity contribution < 1.29 is 4.74 Å². The Bertz CT molecular complexity index is 55.2. The lowest BCUT2D eigenvalue weighted by Gasteiger charge is -2.00. The molecule has 7 heavy (non-hydrogen) atoms. The summed E-state index contributed by atoms with van der Waals surface area (Å²) >= 11 is 0. The second-order valence-corrected chi connectivity index (χ2v) is 1.65. The lowest BCUT2D eigenvalue weighted by molar-refractivity contribution is 0.179. The molecule has 0 aromatic heterocycles. The van der Waals surface area contributed by atoms with Gasteiger partial charge in [0.05, 0.1) is 12.4 Å². The van der Waals surface area contributed by atoms with E-state index in [2.05, 4.69) is 0 Å². The largest absolute Gasteiger partial charge is 0.499 e. The Kier molecular flexibility index (Phi) is 3.48. The van der Waals surface area contributed by atoms with Crippen LogP contribution in [-0.4, -0.2) is 6.10 Å². The van der Waals surface area contributed by atoms with Gasteiger partial charge >= 0.3 is 0 Å². The summed E-state index contributed by atoms with van der Waals surface area (Å²) in [5.74, 6) is 0. The fourth-order valence-corrected chi connectivity index (χ4v) is 0.236. The van der Waals surface area contributed by atoms with Gasteiger partial charge in [0.25, 0.3) is 0 Å². The molecule has 0 rings (SSSR count). The van der Waals surface area contributed by atoms with E-state index in [1.807, 2.05) is 26.8 Å². The topological polar surface area (TPSA) is 9.23 Å². The minimum absolute atomic E-state index is 0.316. The Hall–Kier alpha value is -0.460. The monoisotopic (exact) mass is 100 g/mol. The fraction of sp³-hybridized carbons (Fsp3) is 0.667. The van der Waals surface area contributed by atoms with Gasteiger partial charge in [-0.25, -0.2) is 0 Å². The number of rotatable bonds is 2. The molecule has 0 aliphatic rings. The second kappa shape index (κ2) is 3.72. The predicted molar refractivity (Wildman–Crippen MR) is 31.0 cm³/mol. The van der Waals surface area contributed by atoms with Crippen molar-refractivity contribution in [2.24, 2.45) is 0 Å². The van der Waals surface area contributed by atoms with E-state index in [9.17, 15) is 0 Å². The van der Waals surface area contributed by atoms with Gasteiger partial charge in [0.15, 0.2) is 0 Å². The average Bonchev–Trinajstić information content (AvgIpc) is 1.61. The van der Waals surface area contributed by atoms with E-state index in [1.165, 1.54) is 0 Å². The van der Waals surface area contributed by atoms with Crippen molar-refractivity contribution >= 4 is 0 Å². The minimum atomic E-state index is 0.316. The smallest absolute Gasteiger partial charge is 0.0922 e. The third-order valence-electron chi connectivity index (χ3n) is 0.487. The van der Waals surface area contributed by atoms with E-state index < -0.39 is 0 Å². The summed E-state index contributed by atoms with van der Waals surface area (Å²) < 4.78 is 5.01. The maximum Gasteiger partial charge on any atom is 0.0922 e. The highest BCUT2D eigenvalue weighted by atomic mass is 16.5. The van der Waals surface area contributed by atoms with Crippen LogP contribution in [-0.2, 0) is 4.74 Å². The van der Waals surface area contributed by atoms with Crippen LogP contribution in [0.3, 0.4) is 0 Å². The Morgan fingerprint density at radius 2 is 2.00 bits per heavy atom. The van der Waals surface area contributed by atoms with Crippen molar-refractivity contribution in [2.45, 2.75) is 26.9 Å². The maximum atomic E-state index is 5.01. The first-order valence-electron chi connectivity index (χ1n) is 2.54. The van der Waals surface area contributed by atoms with Crippen molar-refractivity contribution in [3.05, 3.63) is 12.3 Å². The van der Waals surface area contributed by atoms with Gasteiger partial charge in [-0.15, -0.1) is 0 Å². The van der Waals surface area contributed by atoms with Crippen LogP contribution < -0.4 is 0 Å². The van der Waals surface area contributed by atoms with Crippen LogP contribution in [0.5, 0.6) is 0 Å². The van der Waals surface area contributed by atoms with Crippen LogP contribution in [0.15, 0.2) is 12.3 Å². The molecular formula is C6H12O. The summed E-state index contributed by atoms with van der Waals surface area (Å²) in [6.07, 6.45) is 3.89. The van der Waals surface area contributed by atoms with E-state index in [0.717, 1.165) is 0 Å². The van der Waals surface area contributed by atoms with Gasteiger partial charge in [0.2, 0.25) is 0 Å². The summed E-state index contributed by atoms with van der Waals surface area (Å²) in [6, 6.07) is 0. The zero-order valence-electron chi connectivity index (χ0n) is 5.14. The molecule has 0 amide bonds. The minimum Gasteiger partial charge on any atom is -0.499 e. The highest BCUT2D eigenvalue weighted by molar-refractivity contribution is 4.65. The molecule has 0 N–H and O–H groups in total. The van der Waals surface area contributed by atoms with Gasteiger partial charge in [-0.1, -0.05) is 6.08 Å². The van der Waals surface area contributed by atoms with E-state index in [4.69, 9.17) is 4.74 Å². The molecule has 1 heteroatoms. The van der Waals surface area contributed by atoms with Crippen molar-refractivity contribution in [3.8, 4) is 0 Å². The molecule has 0 aromatic carbocycles. The lowest BCUT2D eigenvalue weighted by atomic mass is 10.5. The number of allylic oxidation sites excluding steroid dienone is 1. The standard InChI is InChI=1S/C6H12O/c1-4-5-7-6(2)3/h4-6H,1-3H3/b5-4+. The zero-order valence-corrected chi connectivity index (χ0v) is 5.14. The first-order valence-corrected chi connectivity index (χ1v) is 2.54. The maximum absolute atomic E-state index is 5.01. The molecule has 1 nitrogen and oxygen atoms in total. The molecule has 0 fully saturated rings. The third kappa shape index (κ3) is 5.54. The third-order valence-corrected chi connectivity index (χ3v) is 0.487. The van der Waals surface area contributed by atoms with Crippen LogP contribution in [0.2, 0.25) is 0 Å². The van der Waals surface area contributed by atoms with Crippen molar-refractivity contribution in [1.82, 2.24) is 0 Å². The molecule has 0 unspecified atom stereocenters. The molecule has 0 atom stereocenters. The Balaban J connectivity index is 2.97. The molecule has 0 saturated heterocycles. The fourth-order valence-electron chi connectivity index (χ4n) is 0.236. The Labute approximate surface area is 45.0 Å². The normalized spacial score (nSPS) is 10.9. The lowest BCUT2D eigenvalue weighted by Crippen LogP contribution is -1.93. The number of hydrogen-bond acceptors (Lipinski definition) is 1. The SMILES string of the molecule is C/C=C/OC(C)C. The highest BCUT2D eigenvalue weighted by Crippen LogP contribution is 1.86.